The van der Waals surface area contributed by atoms with Crippen LogP contribution in [0.4, 0.5) is 5.82 Å². The van der Waals surface area contributed by atoms with E-state index in [2.05, 4.69) is 62.3 Å². The molecule has 1 aromatic heterocycles. The number of aryl methyl sites for hydroxylation is 1. The molecule has 1 N–H and O–H groups in total. The van der Waals surface area contributed by atoms with Crippen LogP contribution in [-0.4, -0.2) is 17.0 Å². The molecule has 0 unspecified atom stereocenters. The van der Waals surface area contributed by atoms with Crippen molar-refractivity contribution >= 4 is 17.6 Å². The van der Waals surface area contributed by atoms with Crippen LogP contribution >= 0.6 is 11.8 Å². The number of hydrogen-bond donors (Lipinski definition) is 1. The summed E-state index contributed by atoms with van der Waals surface area (Å²) in [4.78, 5) is 9.27. The molecule has 2 aromatic rings. The molecule has 4 heteroatoms. The van der Waals surface area contributed by atoms with Gasteiger partial charge >= 0.3 is 0 Å². The van der Waals surface area contributed by atoms with Crippen LogP contribution in [0.15, 0.2) is 35.4 Å². The lowest BCUT2D eigenvalue weighted by Gasteiger charge is -2.18. The van der Waals surface area contributed by atoms with E-state index in [4.69, 9.17) is 4.98 Å². The predicted molar refractivity (Wildman–Crippen MR) is 91.0 cm³/mol. The van der Waals surface area contributed by atoms with Crippen molar-refractivity contribution in [3.8, 4) is 0 Å². The van der Waals surface area contributed by atoms with Crippen molar-refractivity contribution in [3.05, 3.63) is 47.3 Å². The zero-order chi connectivity index (χ0) is 15.5. The molecule has 0 atom stereocenters. The minimum absolute atomic E-state index is 0.0508. The highest BCUT2D eigenvalue weighted by atomic mass is 32.2. The first-order chi connectivity index (χ1) is 9.90. The molecule has 3 nitrogen and oxygen atoms in total. The van der Waals surface area contributed by atoms with Gasteiger partial charge in [-0.3, -0.25) is 0 Å². The first kappa shape index (κ1) is 15.8. The highest BCUT2D eigenvalue weighted by molar-refractivity contribution is 7.98. The molecule has 112 valence electrons. The average molecular weight is 301 g/mol. The summed E-state index contributed by atoms with van der Waals surface area (Å²) in [6.07, 6.45) is 0. The Hall–Kier alpha value is -1.55. The molecule has 0 fully saturated rings. The van der Waals surface area contributed by atoms with Crippen LogP contribution < -0.4 is 5.32 Å². The van der Waals surface area contributed by atoms with E-state index in [1.165, 1.54) is 11.1 Å². The fourth-order valence-corrected chi connectivity index (χ4v) is 2.86. The van der Waals surface area contributed by atoms with Crippen molar-refractivity contribution in [2.45, 2.75) is 43.9 Å². The maximum absolute atomic E-state index is 4.71. The molecule has 0 radical (unpaired) electrons. The second-order valence-electron chi connectivity index (χ2n) is 6.13. The van der Waals surface area contributed by atoms with Gasteiger partial charge in [0.1, 0.15) is 16.7 Å². The summed E-state index contributed by atoms with van der Waals surface area (Å²) in [6, 6.07) is 10.5. The molecule has 0 spiro atoms. The van der Waals surface area contributed by atoms with Crippen LogP contribution in [0.3, 0.4) is 0 Å². The van der Waals surface area contributed by atoms with Gasteiger partial charge in [-0.15, -0.1) is 11.8 Å². The van der Waals surface area contributed by atoms with E-state index >= 15 is 0 Å². The Balaban J connectivity index is 2.22. The highest BCUT2D eigenvalue weighted by Crippen LogP contribution is 2.27. The number of benzene rings is 1. The summed E-state index contributed by atoms with van der Waals surface area (Å²) >= 11 is 1.76. The Morgan fingerprint density at radius 1 is 1.14 bits per heavy atom. The SMILES string of the molecule is CNc1cc(SCc2ccccc2C)nc(C(C)(C)C)n1. The summed E-state index contributed by atoms with van der Waals surface area (Å²) in [5, 5.41) is 4.14. The number of thioether (sulfide) groups is 1. The molecular formula is C17H23N3S. The van der Waals surface area contributed by atoms with E-state index in [0.717, 1.165) is 22.4 Å². The monoisotopic (exact) mass is 301 g/mol. The Kier molecular flexibility index (Phi) is 4.88. The van der Waals surface area contributed by atoms with Crippen LogP contribution in [0.25, 0.3) is 0 Å². The fourth-order valence-electron chi connectivity index (χ4n) is 1.89. The first-order valence-electron chi connectivity index (χ1n) is 7.15. The van der Waals surface area contributed by atoms with Crippen molar-refractivity contribution in [1.29, 1.82) is 0 Å². The average Bonchev–Trinajstić information content (AvgIpc) is 2.45. The second kappa shape index (κ2) is 6.48. The number of nitrogens with zero attached hydrogens (tertiary/aromatic N) is 2. The minimum Gasteiger partial charge on any atom is -0.373 e. The Morgan fingerprint density at radius 3 is 2.48 bits per heavy atom. The summed E-state index contributed by atoms with van der Waals surface area (Å²) in [5.41, 5.74) is 2.62. The van der Waals surface area contributed by atoms with Gasteiger partial charge in [-0.1, -0.05) is 45.0 Å². The molecule has 0 aliphatic carbocycles. The normalized spacial score (nSPS) is 11.5. The van der Waals surface area contributed by atoms with Gasteiger partial charge in [-0.25, -0.2) is 9.97 Å². The van der Waals surface area contributed by atoms with Crippen molar-refractivity contribution < 1.29 is 0 Å². The highest BCUT2D eigenvalue weighted by Gasteiger charge is 2.19. The van der Waals surface area contributed by atoms with Gasteiger partial charge in [-0.2, -0.15) is 0 Å². The van der Waals surface area contributed by atoms with Crippen LogP contribution in [0.5, 0.6) is 0 Å². The smallest absolute Gasteiger partial charge is 0.137 e. The lowest BCUT2D eigenvalue weighted by Crippen LogP contribution is -2.17. The quantitative estimate of drug-likeness (QED) is 0.670. The molecule has 0 amide bonds. The number of rotatable bonds is 4. The zero-order valence-electron chi connectivity index (χ0n) is 13.4. The number of anilines is 1. The van der Waals surface area contributed by atoms with Gasteiger partial charge in [0.05, 0.1) is 0 Å². The Labute approximate surface area is 131 Å². The zero-order valence-corrected chi connectivity index (χ0v) is 14.2. The van der Waals surface area contributed by atoms with Crippen LogP contribution in [0.1, 0.15) is 37.7 Å². The van der Waals surface area contributed by atoms with Gasteiger partial charge in [0.2, 0.25) is 0 Å². The van der Waals surface area contributed by atoms with Crippen molar-refractivity contribution in [3.63, 3.8) is 0 Å². The molecule has 0 saturated heterocycles. The van der Waals surface area contributed by atoms with Crippen molar-refractivity contribution in [1.82, 2.24) is 9.97 Å². The van der Waals surface area contributed by atoms with Gasteiger partial charge in [0, 0.05) is 24.3 Å². The summed E-state index contributed by atoms with van der Waals surface area (Å²) in [5.74, 6) is 2.68. The van der Waals surface area contributed by atoms with Crippen molar-refractivity contribution in [2.24, 2.45) is 0 Å². The Bertz CT molecular complexity index is 618. The maximum atomic E-state index is 4.71. The van der Waals surface area contributed by atoms with Gasteiger partial charge < -0.3 is 5.32 Å². The third kappa shape index (κ3) is 4.21. The van der Waals surface area contributed by atoms with E-state index in [1.54, 1.807) is 11.8 Å². The minimum atomic E-state index is -0.0508. The summed E-state index contributed by atoms with van der Waals surface area (Å²) in [7, 11) is 1.89. The van der Waals surface area contributed by atoms with Gasteiger partial charge in [-0.05, 0) is 18.1 Å². The summed E-state index contributed by atoms with van der Waals surface area (Å²) in [6.45, 7) is 8.56. The lowest BCUT2D eigenvalue weighted by molar-refractivity contribution is 0.539. The molecule has 0 aliphatic heterocycles. The molecular weight excluding hydrogens is 278 g/mol. The molecule has 0 saturated carbocycles. The molecule has 2 rings (SSSR count). The fraction of sp³-hybridized carbons (Fsp3) is 0.412. The molecule has 1 heterocycles. The maximum Gasteiger partial charge on any atom is 0.137 e. The third-order valence-electron chi connectivity index (χ3n) is 3.27. The molecule has 1 aromatic carbocycles. The largest absolute Gasteiger partial charge is 0.373 e. The van der Waals surface area contributed by atoms with Crippen LogP contribution in [0, 0.1) is 6.92 Å². The van der Waals surface area contributed by atoms with Crippen LogP contribution in [-0.2, 0) is 11.2 Å². The van der Waals surface area contributed by atoms with E-state index in [-0.39, 0.29) is 5.41 Å². The van der Waals surface area contributed by atoms with Gasteiger partial charge in [0.25, 0.3) is 0 Å². The molecule has 21 heavy (non-hydrogen) atoms. The lowest BCUT2D eigenvalue weighted by atomic mass is 9.96. The summed E-state index contributed by atoms with van der Waals surface area (Å²) < 4.78 is 0. The van der Waals surface area contributed by atoms with E-state index in [1.807, 2.05) is 13.1 Å². The number of nitrogens with one attached hydrogen (secondary N) is 1. The van der Waals surface area contributed by atoms with E-state index < -0.39 is 0 Å². The molecule has 0 aliphatic rings. The van der Waals surface area contributed by atoms with Crippen LogP contribution in [0.2, 0.25) is 0 Å². The number of aromatic nitrogens is 2. The Morgan fingerprint density at radius 2 is 1.86 bits per heavy atom. The van der Waals surface area contributed by atoms with E-state index in [9.17, 15) is 0 Å². The third-order valence-corrected chi connectivity index (χ3v) is 4.23. The topological polar surface area (TPSA) is 37.8 Å². The standard InChI is InChI=1S/C17H23N3S/c1-12-8-6-7-9-13(12)11-21-15-10-14(18-5)19-16(20-15)17(2,3)4/h6-10H,11H2,1-5H3,(H,18,19,20). The number of hydrogen-bond acceptors (Lipinski definition) is 4. The predicted octanol–water partition coefficient (Wildman–Crippen LogP) is 4.42. The van der Waals surface area contributed by atoms with Gasteiger partial charge in [0.15, 0.2) is 0 Å². The van der Waals surface area contributed by atoms with Crippen molar-refractivity contribution in [2.75, 3.05) is 12.4 Å². The molecule has 0 bridgehead atoms. The second-order valence-corrected chi connectivity index (χ2v) is 7.13. The van der Waals surface area contributed by atoms with E-state index in [0.29, 0.717) is 0 Å². The first-order valence-corrected chi connectivity index (χ1v) is 8.13.